The fourth-order valence-corrected chi connectivity index (χ4v) is 5.54. The van der Waals surface area contributed by atoms with Gasteiger partial charge in [-0.15, -0.1) is 0 Å². The highest BCUT2D eigenvalue weighted by atomic mass is 35.5. The smallest absolute Gasteiger partial charge is 0.315 e. The summed E-state index contributed by atoms with van der Waals surface area (Å²) in [7, 11) is 1.60. The quantitative estimate of drug-likeness (QED) is 0.238. The van der Waals surface area contributed by atoms with Gasteiger partial charge in [-0.05, 0) is 66.8 Å². The van der Waals surface area contributed by atoms with Crippen molar-refractivity contribution < 1.29 is 23.8 Å². The van der Waals surface area contributed by atoms with E-state index in [0.717, 1.165) is 16.8 Å². The molecule has 0 bridgehead atoms. The first-order chi connectivity index (χ1) is 18.9. The fraction of sp³-hybridized carbons (Fsp3) is 0.281. The molecule has 3 atom stereocenters. The summed E-state index contributed by atoms with van der Waals surface area (Å²) in [4.78, 5) is 32.1. The number of nitrogens with zero attached hydrogens (tertiary/aromatic N) is 1. The lowest BCUT2D eigenvalue weighted by atomic mass is 9.69. The zero-order chi connectivity index (χ0) is 27.4. The van der Waals surface area contributed by atoms with Crippen molar-refractivity contribution in [2.24, 2.45) is 10.9 Å². The first-order valence-corrected chi connectivity index (χ1v) is 13.4. The van der Waals surface area contributed by atoms with Gasteiger partial charge in [-0.2, -0.15) is 0 Å². The minimum Gasteiger partial charge on any atom is -0.497 e. The number of aliphatic imine (C=N–C) groups is 1. The second kappa shape index (κ2) is 11.9. The summed E-state index contributed by atoms with van der Waals surface area (Å²) in [6.07, 6.45) is 0.952. The monoisotopic (exact) mass is 543 g/mol. The Morgan fingerprint density at radius 1 is 0.897 bits per heavy atom. The van der Waals surface area contributed by atoms with Gasteiger partial charge in [0, 0.05) is 34.3 Å². The molecule has 1 aliphatic carbocycles. The highest BCUT2D eigenvalue weighted by Gasteiger charge is 2.44. The van der Waals surface area contributed by atoms with Crippen LogP contribution < -0.4 is 9.47 Å². The van der Waals surface area contributed by atoms with E-state index in [2.05, 4.69) is 0 Å². The number of ketones is 1. The van der Waals surface area contributed by atoms with Gasteiger partial charge in [0.15, 0.2) is 5.78 Å². The lowest BCUT2D eigenvalue weighted by Crippen LogP contribution is -2.38. The molecule has 3 aromatic rings. The Hall–Kier alpha value is -3.90. The number of carbonyl (C=O) groups is 2. The largest absolute Gasteiger partial charge is 0.497 e. The van der Waals surface area contributed by atoms with Crippen LogP contribution in [0.1, 0.15) is 42.7 Å². The predicted molar refractivity (Wildman–Crippen MR) is 151 cm³/mol. The molecule has 0 aromatic heterocycles. The van der Waals surface area contributed by atoms with Crippen molar-refractivity contribution in [3.05, 3.63) is 106 Å². The van der Waals surface area contributed by atoms with E-state index < -0.39 is 17.8 Å². The van der Waals surface area contributed by atoms with Crippen molar-refractivity contribution in [1.82, 2.24) is 0 Å². The van der Waals surface area contributed by atoms with E-state index in [4.69, 9.17) is 30.8 Å². The topological polar surface area (TPSA) is 74.2 Å². The number of benzene rings is 3. The van der Waals surface area contributed by atoms with E-state index >= 15 is 0 Å². The van der Waals surface area contributed by atoms with E-state index in [1.807, 2.05) is 85.8 Å². The molecule has 0 fully saturated rings. The molecule has 200 valence electrons. The van der Waals surface area contributed by atoms with Gasteiger partial charge in [-0.1, -0.05) is 54.1 Å². The number of Topliss-reactive ketones (excluding diaryl/α,β-unsaturated/α-hetero) is 1. The number of carbonyl (C=O) groups excluding carboxylic acids is 2. The average Bonchev–Trinajstić information content (AvgIpc) is 2.95. The summed E-state index contributed by atoms with van der Waals surface area (Å²) in [5.74, 6) is -0.233. The number of methoxy groups -OCH3 is 1. The summed E-state index contributed by atoms with van der Waals surface area (Å²) >= 11 is 6.08. The van der Waals surface area contributed by atoms with Gasteiger partial charge in [-0.25, -0.2) is 0 Å². The van der Waals surface area contributed by atoms with Gasteiger partial charge in [0.1, 0.15) is 30.6 Å². The van der Waals surface area contributed by atoms with Crippen molar-refractivity contribution in [2.45, 2.75) is 31.6 Å². The maximum Gasteiger partial charge on any atom is 0.315 e. The number of hydrogen-bond acceptors (Lipinski definition) is 6. The number of ether oxygens (including phenoxy) is 3. The lowest BCUT2D eigenvalue weighted by molar-refractivity contribution is -0.147. The van der Waals surface area contributed by atoms with Crippen LogP contribution in [0.15, 0.2) is 95.1 Å². The molecule has 2 aliphatic rings. The predicted octanol–water partition coefficient (Wildman–Crippen LogP) is 6.55. The molecule has 1 aliphatic heterocycles. The second-order valence-corrected chi connectivity index (χ2v) is 10.2. The molecule has 0 amide bonds. The van der Waals surface area contributed by atoms with Crippen LogP contribution in [0.4, 0.5) is 0 Å². The minimum atomic E-state index is -0.718. The van der Waals surface area contributed by atoms with Gasteiger partial charge in [0.2, 0.25) is 0 Å². The first kappa shape index (κ1) is 26.7. The molecule has 1 heterocycles. The third kappa shape index (κ3) is 5.91. The third-order valence-corrected chi connectivity index (χ3v) is 7.55. The third-order valence-electron chi connectivity index (χ3n) is 7.30. The van der Waals surface area contributed by atoms with E-state index in [-0.39, 0.29) is 24.9 Å². The van der Waals surface area contributed by atoms with Gasteiger partial charge in [-0.3, -0.25) is 14.6 Å². The normalized spacial score (nSPS) is 20.6. The van der Waals surface area contributed by atoms with E-state index in [9.17, 15) is 9.59 Å². The van der Waals surface area contributed by atoms with Crippen molar-refractivity contribution in [1.29, 1.82) is 0 Å². The number of esters is 1. The van der Waals surface area contributed by atoms with Crippen LogP contribution in [0.5, 0.6) is 11.5 Å². The Bertz CT molecular complexity index is 1400. The van der Waals surface area contributed by atoms with Crippen molar-refractivity contribution in [3.63, 3.8) is 0 Å². The maximum atomic E-state index is 13.7. The molecule has 0 saturated heterocycles. The molecule has 1 unspecified atom stereocenters. The van der Waals surface area contributed by atoms with Crippen LogP contribution in [0.2, 0.25) is 5.02 Å². The number of hydrogen-bond donors (Lipinski definition) is 0. The van der Waals surface area contributed by atoms with Crippen LogP contribution in [0.25, 0.3) is 0 Å². The molecular weight excluding hydrogens is 514 g/mol. The molecule has 3 aromatic carbocycles. The molecule has 6 nitrogen and oxygen atoms in total. The Morgan fingerprint density at radius 3 is 2.28 bits per heavy atom. The Labute approximate surface area is 233 Å². The van der Waals surface area contributed by atoms with Crippen LogP contribution in [0.3, 0.4) is 0 Å². The molecule has 0 N–H and O–H groups in total. The van der Waals surface area contributed by atoms with Crippen LogP contribution in [-0.4, -0.2) is 37.8 Å². The van der Waals surface area contributed by atoms with Crippen molar-refractivity contribution in [3.8, 4) is 11.5 Å². The molecule has 0 spiro atoms. The van der Waals surface area contributed by atoms with Crippen molar-refractivity contribution in [2.75, 3.05) is 20.3 Å². The van der Waals surface area contributed by atoms with Crippen LogP contribution in [0, 0.1) is 5.92 Å². The van der Waals surface area contributed by atoms with Gasteiger partial charge >= 0.3 is 5.97 Å². The van der Waals surface area contributed by atoms with E-state index in [0.29, 0.717) is 40.6 Å². The van der Waals surface area contributed by atoms with Gasteiger partial charge in [0.05, 0.1) is 7.11 Å². The molecular formula is C32H30ClNO5. The van der Waals surface area contributed by atoms with Gasteiger partial charge in [0.25, 0.3) is 0 Å². The minimum absolute atomic E-state index is 0.000205. The van der Waals surface area contributed by atoms with Crippen molar-refractivity contribution >= 4 is 29.1 Å². The van der Waals surface area contributed by atoms with E-state index in [1.165, 1.54) is 0 Å². The summed E-state index contributed by atoms with van der Waals surface area (Å²) in [6.45, 7) is 2.15. The van der Waals surface area contributed by atoms with E-state index in [1.54, 1.807) is 7.11 Å². The number of rotatable bonds is 8. The number of halogens is 1. The SMILES string of the molecule is COc1ccc([C@@H]2C3=C(C[C@@H](c4ccc(Cl)cc4)CC3=O)N=C(C)C2C(=O)OCCOc2ccccc2)cc1. The summed E-state index contributed by atoms with van der Waals surface area (Å²) in [5, 5.41) is 0.655. The average molecular weight is 544 g/mol. The zero-order valence-electron chi connectivity index (χ0n) is 21.9. The van der Waals surface area contributed by atoms with Gasteiger partial charge < -0.3 is 14.2 Å². The molecule has 39 heavy (non-hydrogen) atoms. The zero-order valence-corrected chi connectivity index (χ0v) is 22.7. The molecule has 0 radical (unpaired) electrons. The number of allylic oxidation sites excluding steroid dienone is 2. The highest BCUT2D eigenvalue weighted by Crippen LogP contribution is 2.47. The Morgan fingerprint density at radius 2 is 1.59 bits per heavy atom. The standard InChI is InChI=1S/C32H30ClNO5/c1-20-29(32(36)39-17-16-38-26-6-4-3-5-7-26)30(22-10-14-25(37-2)15-11-22)31-27(34-20)18-23(19-28(31)35)21-8-12-24(33)13-9-21/h3-15,23,29-30H,16-19H2,1-2H3/t23-,29?,30+/m1/s1. The maximum absolute atomic E-state index is 13.7. The highest BCUT2D eigenvalue weighted by molar-refractivity contribution is 6.30. The lowest BCUT2D eigenvalue weighted by Gasteiger charge is -2.36. The Kier molecular flexibility index (Phi) is 8.13. The summed E-state index contributed by atoms with van der Waals surface area (Å²) in [6, 6.07) is 24.5. The molecule has 0 saturated carbocycles. The summed E-state index contributed by atoms with van der Waals surface area (Å²) in [5.41, 5.74) is 3.86. The fourth-order valence-electron chi connectivity index (χ4n) is 5.42. The molecule has 7 heteroatoms. The van der Waals surface area contributed by atoms with Crippen LogP contribution in [-0.2, 0) is 14.3 Å². The molecule has 5 rings (SSSR count). The second-order valence-electron chi connectivity index (χ2n) is 9.75. The summed E-state index contributed by atoms with van der Waals surface area (Å²) < 4.78 is 16.7. The Balaban J connectivity index is 1.41. The number of para-hydroxylation sites is 1. The van der Waals surface area contributed by atoms with Crippen LogP contribution >= 0.6 is 11.6 Å². The first-order valence-electron chi connectivity index (χ1n) is 13.0.